The zero-order chi connectivity index (χ0) is 22.0. The smallest absolute Gasteiger partial charge is 0.182 e. The average Bonchev–Trinajstić information content (AvgIpc) is 3.30. The number of hydrogen-bond donors (Lipinski definition) is 0. The van der Waals surface area contributed by atoms with E-state index in [0.29, 0.717) is 13.2 Å². The fourth-order valence-electron chi connectivity index (χ4n) is 3.72. The van der Waals surface area contributed by atoms with Crippen LogP contribution in [-0.2, 0) is 0 Å². The van der Waals surface area contributed by atoms with Crippen molar-refractivity contribution in [3.8, 4) is 55.3 Å². The number of nitrogens with zero attached hydrogens (tertiary/aromatic N) is 4. The van der Waals surface area contributed by atoms with Crippen LogP contribution in [-0.4, -0.2) is 33.1 Å². The van der Waals surface area contributed by atoms with Gasteiger partial charge in [0.15, 0.2) is 11.5 Å². The molecule has 0 aliphatic carbocycles. The summed E-state index contributed by atoms with van der Waals surface area (Å²) in [6, 6.07) is 21.6. The van der Waals surface area contributed by atoms with Gasteiger partial charge in [0.1, 0.15) is 13.2 Å². The number of thiophene rings is 1. The van der Waals surface area contributed by atoms with Gasteiger partial charge in [-0.2, -0.15) is 0 Å². The molecule has 0 fully saturated rings. The maximum absolute atomic E-state index is 6.05. The zero-order valence-electron chi connectivity index (χ0n) is 17.5. The number of ether oxygens (including phenoxy) is 2. The van der Waals surface area contributed by atoms with E-state index in [9.17, 15) is 0 Å². The zero-order valence-corrected chi connectivity index (χ0v) is 18.3. The van der Waals surface area contributed by atoms with Crippen LogP contribution >= 0.6 is 11.3 Å². The second-order valence-electron chi connectivity index (χ2n) is 7.39. The largest absolute Gasteiger partial charge is 0.485 e. The molecule has 0 radical (unpaired) electrons. The first-order chi connectivity index (χ1) is 16.4. The molecule has 7 heteroatoms. The third-order valence-electron chi connectivity index (χ3n) is 5.26. The summed E-state index contributed by atoms with van der Waals surface area (Å²) < 4.78 is 12.1. The summed E-state index contributed by atoms with van der Waals surface area (Å²) in [6.07, 6.45) is 5.40. The van der Waals surface area contributed by atoms with Crippen molar-refractivity contribution in [3.63, 3.8) is 0 Å². The van der Waals surface area contributed by atoms with Crippen LogP contribution < -0.4 is 9.47 Å². The van der Waals surface area contributed by atoms with Gasteiger partial charge in [-0.05, 0) is 48.5 Å². The fraction of sp³-hybridized carbons (Fsp3) is 0.0769. The Morgan fingerprint density at radius 2 is 1.21 bits per heavy atom. The number of aromatic nitrogens is 4. The SMILES string of the molecule is c1ccc(-c2ccc(-c3sc(-c4cccc(-c5ccccn5)n4)c4c3OCCO4)cn2)nc1. The van der Waals surface area contributed by atoms with E-state index in [-0.39, 0.29) is 0 Å². The Bertz CT molecular complexity index is 1400. The lowest BCUT2D eigenvalue weighted by molar-refractivity contribution is 0.175. The molecule has 0 amide bonds. The Balaban J connectivity index is 1.42. The fourth-order valence-corrected chi connectivity index (χ4v) is 4.87. The predicted octanol–water partition coefficient (Wildman–Crippen LogP) is 5.77. The van der Waals surface area contributed by atoms with E-state index in [2.05, 4.69) is 15.0 Å². The summed E-state index contributed by atoms with van der Waals surface area (Å²) in [4.78, 5) is 20.2. The molecule has 0 saturated heterocycles. The van der Waals surface area contributed by atoms with Crippen molar-refractivity contribution in [2.45, 2.75) is 0 Å². The highest BCUT2D eigenvalue weighted by molar-refractivity contribution is 7.19. The second-order valence-corrected chi connectivity index (χ2v) is 8.41. The molecule has 160 valence electrons. The maximum Gasteiger partial charge on any atom is 0.182 e. The highest BCUT2D eigenvalue weighted by atomic mass is 32.1. The lowest BCUT2D eigenvalue weighted by atomic mass is 10.1. The molecule has 5 aromatic rings. The van der Waals surface area contributed by atoms with Crippen molar-refractivity contribution in [1.29, 1.82) is 0 Å². The van der Waals surface area contributed by atoms with Gasteiger partial charge in [0.2, 0.25) is 0 Å². The van der Waals surface area contributed by atoms with Gasteiger partial charge in [-0.1, -0.05) is 18.2 Å². The standard InChI is InChI=1S/C26H18N4O2S/c1-3-12-27-18(6-1)20-11-10-17(16-29-20)25-23-24(32-15-14-31-23)26(33-25)22-9-5-8-21(30-22)19-7-2-4-13-28-19/h1-13,16H,14-15H2. The Morgan fingerprint density at radius 3 is 1.88 bits per heavy atom. The lowest BCUT2D eigenvalue weighted by Crippen LogP contribution is -2.15. The van der Waals surface area contributed by atoms with E-state index >= 15 is 0 Å². The molecule has 33 heavy (non-hydrogen) atoms. The van der Waals surface area contributed by atoms with Gasteiger partial charge in [0, 0.05) is 24.2 Å². The van der Waals surface area contributed by atoms with E-state index < -0.39 is 0 Å². The summed E-state index contributed by atoms with van der Waals surface area (Å²) in [7, 11) is 0. The second kappa shape index (κ2) is 8.44. The first kappa shape index (κ1) is 19.6. The highest BCUT2D eigenvalue weighted by Gasteiger charge is 2.27. The molecule has 0 N–H and O–H groups in total. The summed E-state index contributed by atoms with van der Waals surface area (Å²) in [5.74, 6) is 1.49. The quantitative estimate of drug-likeness (QED) is 0.346. The van der Waals surface area contributed by atoms with Gasteiger partial charge in [-0.25, -0.2) is 4.98 Å². The van der Waals surface area contributed by atoms with Crippen molar-refractivity contribution in [2.24, 2.45) is 0 Å². The van der Waals surface area contributed by atoms with Crippen LogP contribution in [0.1, 0.15) is 0 Å². The normalized spacial score (nSPS) is 12.5. The molecule has 5 aromatic heterocycles. The van der Waals surface area contributed by atoms with Gasteiger partial charge < -0.3 is 9.47 Å². The Labute approximate surface area is 194 Å². The van der Waals surface area contributed by atoms with Crippen LogP contribution in [0.5, 0.6) is 11.5 Å². The van der Waals surface area contributed by atoms with Crippen molar-refractivity contribution >= 4 is 11.3 Å². The summed E-state index contributed by atoms with van der Waals surface area (Å²) in [5, 5.41) is 0. The molecule has 0 saturated carbocycles. The molecule has 0 atom stereocenters. The molecule has 6 heterocycles. The van der Waals surface area contributed by atoms with Crippen LogP contribution in [0.15, 0.2) is 85.3 Å². The monoisotopic (exact) mass is 450 g/mol. The van der Waals surface area contributed by atoms with E-state index in [1.54, 1.807) is 23.7 Å². The van der Waals surface area contributed by atoms with Gasteiger partial charge in [0.25, 0.3) is 0 Å². The van der Waals surface area contributed by atoms with Crippen LogP contribution in [0.4, 0.5) is 0 Å². The Morgan fingerprint density at radius 1 is 0.576 bits per heavy atom. The van der Waals surface area contributed by atoms with Gasteiger partial charge in [-0.3, -0.25) is 15.0 Å². The third-order valence-corrected chi connectivity index (χ3v) is 6.48. The van der Waals surface area contributed by atoms with Crippen LogP contribution in [0.25, 0.3) is 43.8 Å². The van der Waals surface area contributed by atoms with Crippen LogP contribution in [0, 0.1) is 0 Å². The molecular weight excluding hydrogens is 432 g/mol. The molecular formula is C26H18N4O2S. The molecule has 6 nitrogen and oxygen atoms in total. The number of fused-ring (bicyclic) bond motifs is 1. The van der Waals surface area contributed by atoms with Crippen molar-refractivity contribution in [1.82, 2.24) is 19.9 Å². The van der Waals surface area contributed by atoms with Crippen molar-refractivity contribution in [3.05, 3.63) is 85.3 Å². The maximum atomic E-state index is 6.05. The van der Waals surface area contributed by atoms with E-state index in [0.717, 1.165) is 55.3 Å². The highest BCUT2D eigenvalue weighted by Crippen LogP contribution is 2.53. The van der Waals surface area contributed by atoms with E-state index in [4.69, 9.17) is 14.5 Å². The molecule has 0 aromatic carbocycles. The Kier molecular flexibility index (Phi) is 5.01. The molecule has 1 aliphatic heterocycles. The number of rotatable bonds is 4. The Hall–Kier alpha value is -4.10. The van der Waals surface area contributed by atoms with Gasteiger partial charge in [-0.15, -0.1) is 11.3 Å². The molecule has 1 aliphatic rings. The summed E-state index contributed by atoms with van der Waals surface area (Å²) in [5.41, 5.74) is 5.11. The van der Waals surface area contributed by atoms with Crippen molar-refractivity contribution < 1.29 is 9.47 Å². The molecule has 0 bridgehead atoms. The van der Waals surface area contributed by atoms with Gasteiger partial charge >= 0.3 is 0 Å². The number of pyridine rings is 4. The average molecular weight is 451 g/mol. The van der Waals surface area contributed by atoms with Crippen LogP contribution in [0.2, 0.25) is 0 Å². The molecule has 0 spiro atoms. The minimum atomic E-state index is 0.507. The first-order valence-electron chi connectivity index (χ1n) is 10.6. The van der Waals surface area contributed by atoms with Crippen LogP contribution in [0.3, 0.4) is 0 Å². The van der Waals surface area contributed by atoms with E-state index in [1.165, 1.54) is 0 Å². The number of hydrogen-bond acceptors (Lipinski definition) is 7. The minimum Gasteiger partial charge on any atom is -0.485 e. The van der Waals surface area contributed by atoms with Gasteiger partial charge in [0.05, 0.1) is 38.2 Å². The predicted molar refractivity (Wildman–Crippen MR) is 128 cm³/mol. The summed E-state index contributed by atoms with van der Waals surface area (Å²) in [6.45, 7) is 1.02. The minimum absolute atomic E-state index is 0.507. The molecule has 0 unspecified atom stereocenters. The lowest BCUT2D eigenvalue weighted by Gasteiger charge is -2.17. The van der Waals surface area contributed by atoms with Crippen molar-refractivity contribution in [2.75, 3.05) is 13.2 Å². The topological polar surface area (TPSA) is 70.0 Å². The third kappa shape index (κ3) is 3.72. The first-order valence-corrected chi connectivity index (χ1v) is 11.4. The molecule has 6 rings (SSSR count). The van der Waals surface area contributed by atoms with E-state index in [1.807, 2.05) is 72.9 Å². The summed E-state index contributed by atoms with van der Waals surface area (Å²) >= 11 is 1.60.